The van der Waals surface area contributed by atoms with E-state index in [1.165, 1.54) is 12.1 Å². The predicted octanol–water partition coefficient (Wildman–Crippen LogP) is 3.68. The highest BCUT2D eigenvalue weighted by Crippen LogP contribution is 2.28. The molecule has 0 aromatic heterocycles. The van der Waals surface area contributed by atoms with Crippen molar-refractivity contribution in [3.63, 3.8) is 0 Å². The van der Waals surface area contributed by atoms with Crippen molar-refractivity contribution in [2.24, 2.45) is 5.73 Å². The lowest BCUT2D eigenvalue weighted by molar-refractivity contribution is -0.0601. The molecule has 0 radical (unpaired) electrons. The molecule has 0 saturated carbocycles. The van der Waals surface area contributed by atoms with Gasteiger partial charge in [-0.3, -0.25) is 4.90 Å². The molecule has 2 atom stereocenters. The summed E-state index contributed by atoms with van der Waals surface area (Å²) in [5.74, 6) is 0.273. The van der Waals surface area contributed by atoms with Crippen molar-refractivity contribution in [1.82, 2.24) is 4.90 Å². The van der Waals surface area contributed by atoms with Gasteiger partial charge in [-0.05, 0) is 49.2 Å². The van der Waals surface area contributed by atoms with Gasteiger partial charge in [-0.15, -0.1) is 0 Å². The molecule has 2 amide bonds. The highest BCUT2D eigenvalue weighted by Gasteiger charge is 2.26. The standard InChI is InChI=1S/C21H25ClFN3O3/c1-14-13-29-18(10-15-2-5-17(23)6-3-15)12-26(14)8-9-28-20-7-4-16(22)11-19(20)25-21(24)27/h2-7,11,14,18H,8-10,12-13H2,1H3,(H3,24,25,27). The Labute approximate surface area is 174 Å². The molecule has 0 aliphatic carbocycles. The number of amides is 2. The maximum atomic E-state index is 13.1. The fourth-order valence-electron chi connectivity index (χ4n) is 3.32. The van der Waals surface area contributed by atoms with E-state index in [1.807, 2.05) is 0 Å². The first kappa shape index (κ1) is 21.4. The zero-order valence-electron chi connectivity index (χ0n) is 16.2. The molecular weight excluding hydrogens is 397 g/mol. The SMILES string of the molecule is CC1COC(Cc2ccc(F)cc2)CN1CCOc1ccc(Cl)cc1NC(N)=O. The molecule has 2 aromatic carbocycles. The second-order valence-corrected chi connectivity index (χ2v) is 7.54. The number of rotatable bonds is 7. The van der Waals surface area contributed by atoms with Gasteiger partial charge in [0, 0.05) is 24.2 Å². The third-order valence-corrected chi connectivity index (χ3v) is 5.08. The fourth-order valence-corrected chi connectivity index (χ4v) is 3.50. The van der Waals surface area contributed by atoms with Gasteiger partial charge in [0.25, 0.3) is 0 Å². The number of hydrogen-bond donors (Lipinski definition) is 2. The molecule has 0 spiro atoms. The first-order valence-corrected chi connectivity index (χ1v) is 9.87. The van der Waals surface area contributed by atoms with Crippen LogP contribution in [0.15, 0.2) is 42.5 Å². The number of nitrogens with two attached hydrogens (primary N) is 1. The third-order valence-electron chi connectivity index (χ3n) is 4.85. The molecule has 1 aliphatic heterocycles. The second-order valence-electron chi connectivity index (χ2n) is 7.11. The number of morpholine rings is 1. The second kappa shape index (κ2) is 9.91. The van der Waals surface area contributed by atoms with Crippen molar-refractivity contribution >= 4 is 23.3 Å². The van der Waals surface area contributed by atoms with Crippen LogP contribution in [0.2, 0.25) is 5.02 Å². The van der Waals surface area contributed by atoms with Crippen LogP contribution in [0, 0.1) is 5.82 Å². The number of halogens is 2. The highest BCUT2D eigenvalue weighted by atomic mass is 35.5. The van der Waals surface area contributed by atoms with E-state index in [4.69, 9.17) is 26.8 Å². The number of nitrogens with one attached hydrogen (secondary N) is 1. The molecule has 1 saturated heterocycles. The minimum Gasteiger partial charge on any atom is -0.490 e. The molecular formula is C21H25ClFN3O3. The van der Waals surface area contributed by atoms with E-state index in [2.05, 4.69) is 17.1 Å². The topological polar surface area (TPSA) is 76.8 Å². The summed E-state index contributed by atoms with van der Waals surface area (Å²) < 4.78 is 24.9. The zero-order valence-corrected chi connectivity index (χ0v) is 17.0. The lowest BCUT2D eigenvalue weighted by atomic mass is 10.1. The smallest absolute Gasteiger partial charge is 0.316 e. The summed E-state index contributed by atoms with van der Waals surface area (Å²) in [6, 6.07) is 11.1. The van der Waals surface area contributed by atoms with Crippen LogP contribution in [0.3, 0.4) is 0 Å². The van der Waals surface area contributed by atoms with Crippen molar-refractivity contribution < 1.29 is 18.7 Å². The predicted molar refractivity (Wildman–Crippen MR) is 111 cm³/mol. The first-order valence-electron chi connectivity index (χ1n) is 9.49. The summed E-state index contributed by atoms with van der Waals surface area (Å²) in [6.45, 7) is 4.62. The molecule has 0 bridgehead atoms. The molecule has 156 valence electrons. The monoisotopic (exact) mass is 421 g/mol. The molecule has 6 nitrogen and oxygen atoms in total. The number of ether oxygens (including phenoxy) is 2. The average molecular weight is 422 g/mol. The summed E-state index contributed by atoms with van der Waals surface area (Å²) in [5.41, 5.74) is 6.69. The number of hydrogen-bond acceptors (Lipinski definition) is 4. The van der Waals surface area contributed by atoms with Gasteiger partial charge in [-0.25, -0.2) is 9.18 Å². The molecule has 8 heteroatoms. The van der Waals surface area contributed by atoms with E-state index in [9.17, 15) is 9.18 Å². The van der Waals surface area contributed by atoms with Crippen molar-refractivity contribution in [2.45, 2.75) is 25.5 Å². The lowest BCUT2D eigenvalue weighted by Gasteiger charge is -2.38. The van der Waals surface area contributed by atoms with Crippen molar-refractivity contribution in [3.05, 3.63) is 58.9 Å². The van der Waals surface area contributed by atoms with Crippen LogP contribution in [0.25, 0.3) is 0 Å². The van der Waals surface area contributed by atoms with Crippen LogP contribution >= 0.6 is 11.6 Å². The van der Waals surface area contributed by atoms with Crippen molar-refractivity contribution in [1.29, 1.82) is 0 Å². The van der Waals surface area contributed by atoms with Gasteiger partial charge in [-0.2, -0.15) is 0 Å². The van der Waals surface area contributed by atoms with Crippen LogP contribution in [0.5, 0.6) is 5.75 Å². The van der Waals surface area contributed by atoms with E-state index >= 15 is 0 Å². The van der Waals surface area contributed by atoms with Gasteiger partial charge in [0.15, 0.2) is 0 Å². The molecule has 1 fully saturated rings. The number of urea groups is 1. The van der Waals surface area contributed by atoms with Crippen molar-refractivity contribution in [3.8, 4) is 5.75 Å². The summed E-state index contributed by atoms with van der Waals surface area (Å²) in [4.78, 5) is 13.5. The van der Waals surface area contributed by atoms with E-state index in [-0.39, 0.29) is 18.0 Å². The minimum atomic E-state index is -0.678. The normalized spacial score (nSPS) is 19.7. The first-order chi connectivity index (χ1) is 13.9. The summed E-state index contributed by atoms with van der Waals surface area (Å²) in [5, 5.41) is 3.00. The Kier molecular flexibility index (Phi) is 7.30. The number of carbonyl (C=O) groups is 1. The Bertz CT molecular complexity index is 834. The Morgan fingerprint density at radius 2 is 2.10 bits per heavy atom. The molecule has 2 unspecified atom stereocenters. The Morgan fingerprint density at radius 1 is 1.34 bits per heavy atom. The fraction of sp³-hybridized carbons (Fsp3) is 0.381. The van der Waals surface area contributed by atoms with Gasteiger partial charge >= 0.3 is 6.03 Å². The summed E-state index contributed by atoms with van der Waals surface area (Å²) in [6.07, 6.45) is 0.771. The van der Waals surface area contributed by atoms with E-state index < -0.39 is 6.03 Å². The van der Waals surface area contributed by atoms with E-state index in [1.54, 1.807) is 30.3 Å². The Hall–Kier alpha value is -2.35. The highest BCUT2D eigenvalue weighted by molar-refractivity contribution is 6.31. The number of benzene rings is 2. The third kappa shape index (κ3) is 6.32. The molecule has 3 N–H and O–H groups in total. The van der Waals surface area contributed by atoms with Crippen LogP contribution in [0.4, 0.5) is 14.9 Å². The molecule has 29 heavy (non-hydrogen) atoms. The van der Waals surface area contributed by atoms with E-state index in [0.29, 0.717) is 36.2 Å². The summed E-state index contributed by atoms with van der Waals surface area (Å²) in [7, 11) is 0. The maximum absolute atomic E-state index is 13.1. The minimum absolute atomic E-state index is 0.0410. The Balaban J connectivity index is 1.54. The van der Waals surface area contributed by atoms with Gasteiger partial charge in [0.2, 0.25) is 0 Å². The average Bonchev–Trinajstić information content (AvgIpc) is 2.67. The number of nitrogens with zero attached hydrogens (tertiary/aromatic N) is 1. The van der Waals surface area contributed by atoms with Crippen molar-refractivity contribution in [2.75, 3.05) is 31.6 Å². The lowest BCUT2D eigenvalue weighted by Crippen LogP contribution is -2.50. The molecule has 1 heterocycles. The molecule has 3 rings (SSSR count). The molecule has 2 aromatic rings. The maximum Gasteiger partial charge on any atom is 0.316 e. The van der Waals surface area contributed by atoms with Gasteiger partial charge in [0.05, 0.1) is 18.4 Å². The van der Waals surface area contributed by atoms with Crippen LogP contribution in [-0.4, -0.2) is 49.4 Å². The van der Waals surface area contributed by atoms with Gasteiger partial charge in [-0.1, -0.05) is 23.7 Å². The molecule has 1 aliphatic rings. The van der Waals surface area contributed by atoms with Gasteiger partial charge in [0.1, 0.15) is 18.2 Å². The van der Waals surface area contributed by atoms with Crippen LogP contribution in [0.1, 0.15) is 12.5 Å². The largest absolute Gasteiger partial charge is 0.490 e. The van der Waals surface area contributed by atoms with Crippen LogP contribution in [-0.2, 0) is 11.2 Å². The summed E-state index contributed by atoms with van der Waals surface area (Å²) >= 11 is 5.98. The van der Waals surface area contributed by atoms with E-state index in [0.717, 1.165) is 18.5 Å². The van der Waals surface area contributed by atoms with Gasteiger partial charge < -0.3 is 20.5 Å². The zero-order chi connectivity index (χ0) is 20.8. The van der Waals surface area contributed by atoms with Crippen LogP contribution < -0.4 is 15.8 Å². The number of primary amides is 1. The quantitative estimate of drug-likeness (QED) is 0.715. The number of carbonyl (C=O) groups excluding carboxylic acids is 1. The number of anilines is 1. The Morgan fingerprint density at radius 3 is 2.83 bits per heavy atom.